The number of Topliss-reactive ketones (excluding diaryl/α,β-unsaturated/α-hetero) is 1. The third-order valence-corrected chi connectivity index (χ3v) is 2.67. The van der Waals surface area contributed by atoms with Crippen molar-refractivity contribution in [3.05, 3.63) is 39.3 Å². The molecule has 2 aromatic heterocycles. The predicted octanol–water partition coefficient (Wildman–Crippen LogP) is 1.22. The predicted molar refractivity (Wildman–Crippen MR) is 62.6 cm³/mol. The smallest absolute Gasteiger partial charge is 0.278 e. The molecule has 0 fully saturated rings. The van der Waals surface area contributed by atoms with Gasteiger partial charge in [0, 0.05) is 11.6 Å². The van der Waals surface area contributed by atoms with E-state index in [9.17, 15) is 14.7 Å². The van der Waals surface area contributed by atoms with Crippen LogP contribution in [-0.4, -0.2) is 20.5 Å². The first kappa shape index (κ1) is 11.3. The Morgan fingerprint density at radius 3 is 2.59 bits per heavy atom. The maximum absolute atomic E-state index is 11.9. The molecule has 0 amide bonds. The fourth-order valence-electron chi connectivity index (χ4n) is 1.72. The molecule has 0 unspecified atom stereocenters. The van der Waals surface area contributed by atoms with Gasteiger partial charge in [0.2, 0.25) is 0 Å². The van der Waals surface area contributed by atoms with Gasteiger partial charge in [-0.3, -0.25) is 9.59 Å². The van der Waals surface area contributed by atoms with Gasteiger partial charge in [-0.1, -0.05) is 0 Å². The quantitative estimate of drug-likeness (QED) is 0.750. The summed E-state index contributed by atoms with van der Waals surface area (Å²) in [4.78, 5) is 23.4. The van der Waals surface area contributed by atoms with E-state index in [-0.39, 0.29) is 17.1 Å². The molecule has 0 saturated heterocycles. The number of carbonyl (C=O) groups is 1. The van der Waals surface area contributed by atoms with Gasteiger partial charge in [0.1, 0.15) is 5.75 Å². The Balaban J connectivity index is 3.05. The monoisotopic (exact) mass is 232 g/mol. The van der Waals surface area contributed by atoms with Gasteiger partial charge in [0.15, 0.2) is 5.78 Å². The van der Waals surface area contributed by atoms with Gasteiger partial charge in [0.25, 0.3) is 5.56 Å². The summed E-state index contributed by atoms with van der Waals surface area (Å²) in [6, 6.07) is 2.99. The van der Waals surface area contributed by atoms with Crippen molar-refractivity contribution in [1.82, 2.24) is 9.61 Å². The van der Waals surface area contributed by atoms with Gasteiger partial charge in [-0.05, 0) is 26.8 Å². The normalized spacial score (nSPS) is 10.8. The number of hydrogen-bond acceptors (Lipinski definition) is 4. The highest BCUT2D eigenvalue weighted by atomic mass is 16.3. The zero-order valence-electron chi connectivity index (χ0n) is 9.81. The molecular weight excluding hydrogens is 220 g/mol. The minimum atomic E-state index is -0.411. The van der Waals surface area contributed by atoms with E-state index in [1.807, 2.05) is 0 Å². The SMILES string of the molecule is CC(=O)c1cc(C)nn2c(=O)c(C)c(O)cc12. The number of aromatic nitrogens is 2. The van der Waals surface area contributed by atoms with Crippen LogP contribution in [-0.2, 0) is 0 Å². The van der Waals surface area contributed by atoms with Crippen molar-refractivity contribution < 1.29 is 9.90 Å². The molecule has 88 valence electrons. The maximum Gasteiger partial charge on any atom is 0.278 e. The summed E-state index contributed by atoms with van der Waals surface area (Å²) >= 11 is 0. The van der Waals surface area contributed by atoms with Crippen LogP contribution in [0.2, 0.25) is 0 Å². The summed E-state index contributed by atoms with van der Waals surface area (Å²) in [5.74, 6) is -0.293. The Labute approximate surface area is 97.3 Å². The first-order valence-electron chi connectivity index (χ1n) is 5.16. The minimum Gasteiger partial charge on any atom is -0.507 e. The van der Waals surface area contributed by atoms with E-state index >= 15 is 0 Å². The van der Waals surface area contributed by atoms with Crippen molar-refractivity contribution in [1.29, 1.82) is 0 Å². The number of hydrogen-bond donors (Lipinski definition) is 1. The minimum absolute atomic E-state index is 0.122. The number of pyridine rings is 1. The van der Waals surface area contributed by atoms with E-state index in [0.717, 1.165) is 4.52 Å². The van der Waals surface area contributed by atoms with E-state index in [1.54, 1.807) is 13.0 Å². The lowest BCUT2D eigenvalue weighted by Gasteiger charge is -2.08. The highest BCUT2D eigenvalue weighted by Gasteiger charge is 2.13. The summed E-state index contributed by atoms with van der Waals surface area (Å²) in [7, 11) is 0. The molecule has 5 heteroatoms. The maximum atomic E-state index is 11.9. The largest absolute Gasteiger partial charge is 0.507 e. The molecule has 0 saturated carbocycles. The standard InChI is InChI=1S/C12H12N2O3/c1-6-4-9(8(3)15)10-5-11(16)7(2)12(17)14(10)13-6/h4-5,16H,1-3H3. The molecule has 0 bridgehead atoms. The second-order valence-corrected chi connectivity index (χ2v) is 4.01. The number of aryl methyl sites for hydroxylation is 1. The number of aromatic hydroxyl groups is 1. The number of fused-ring (bicyclic) bond motifs is 1. The Morgan fingerprint density at radius 2 is 2.00 bits per heavy atom. The molecule has 0 atom stereocenters. The van der Waals surface area contributed by atoms with Crippen LogP contribution >= 0.6 is 0 Å². The van der Waals surface area contributed by atoms with Crippen LogP contribution in [0.3, 0.4) is 0 Å². The third kappa shape index (κ3) is 1.69. The molecule has 0 radical (unpaired) electrons. The molecule has 0 aliphatic heterocycles. The summed E-state index contributed by atoms with van der Waals surface area (Å²) in [5, 5.41) is 13.7. The van der Waals surface area contributed by atoms with E-state index in [1.165, 1.54) is 19.9 Å². The van der Waals surface area contributed by atoms with Gasteiger partial charge in [-0.25, -0.2) is 0 Å². The van der Waals surface area contributed by atoms with Crippen molar-refractivity contribution in [3.63, 3.8) is 0 Å². The lowest BCUT2D eigenvalue weighted by atomic mass is 10.1. The van der Waals surface area contributed by atoms with E-state index in [2.05, 4.69) is 5.10 Å². The number of ketones is 1. The van der Waals surface area contributed by atoms with Gasteiger partial charge < -0.3 is 5.11 Å². The fourth-order valence-corrected chi connectivity index (χ4v) is 1.72. The fraction of sp³-hybridized carbons (Fsp3) is 0.250. The van der Waals surface area contributed by atoms with E-state index in [0.29, 0.717) is 16.8 Å². The topological polar surface area (TPSA) is 71.7 Å². The summed E-state index contributed by atoms with van der Waals surface area (Å²) in [6.45, 7) is 4.64. The lowest BCUT2D eigenvalue weighted by Crippen LogP contribution is -2.21. The van der Waals surface area contributed by atoms with Crippen molar-refractivity contribution >= 4 is 11.3 Å². The van der Waals surface area contributed by atoms with Gasteiger partial charge in [-0.15, -0.1) is 0 Å². The molecule has 0 spiro atoms. The molecule has 0 aliphatic carbocycles. The van der Waals surface area contributed by atoms with Crippen LogP contribution in [0, 0.1) is 13.8 Å². The first-order valence-corrected chi connectivity index (χ1v) is 5.16. The Hall–Kier alpha value is -2.17. The number of rotatable bonds is 1. The summed E-state index contributed by atoms with van der Waals surface area (Å²) < 4.78 is 1.15. The van der Waals surface area contributed by atoms with Crippen molar-refractivity contribution in [3.8, 4) is 5.75 Å². The molecule has 17 heavy (non-hydrogen) atoms. The van der Waals surface area contributed by atoms with Crippen molar-refractivity contribution in [2.45, 2.75) is 20.8 Å². The van der Waals surface area contributed by atoms with Crippen LogP contribution in [0.4, 0.5) is 0 Å². The Kier molecular flexibility index (Phi) is 2.46. The van der Waals surface area contributed by atoms with Crippen LogP contribution in [0.1, 0.15) is 28.5 Å². The van der Waals surface area contributed by atoms with Crippen LogP contribution in [0.5, 0.6) is 5.75 Å². The average Bonchev–Trinajstić information content (AvgIpc) is 2.26. The molecule has 0 aliphatic rings. The van der Waals surface area contributed by atoms with E-state index in [4.69, 9.17) is 0 Å². The highest BCUT2D eigenvalue weighted by Crippen LogP contribution is 2.18. The average molecular weight is 232 g/mol. The Bertz CT molecular complexity index is 686. The van der Waals surface area contributed by atoms with Crippen molar-refractivity contribution in [2.75, 3.05) is 0 Å². The summed E-state index contributed by atoms with van der Waals surface area (Å²) in [5.41, 5.74) is 1.09. The second-order valence-electron chi connectivity index (χ2n) is 4.01. The lowest BCUT2D eigenvalue weighted by molar-refractivity contribution is 0.101. The van der Waals surface area contributed by atoms with Crippen molar-refractivity contribution in [2.24, 2.45) is 0 Å². The molecule has 5 nitrogen and oxygen atoms in total. The zero-order valence-corrected chi connectivity index (χ0v) is 9.81. The zero-order chi connectivity index (χ0) is 12.7. The first-order chi connectivity index (χ1) is 7.91. The number of carbonyl (C=O) groups excluding carboxylic acids is 1. The number of nitrogens with zero attached hydrogens (tertiary/aromatic N) is 2. The van der Waals surface area contributed by atoms with Gasteiger partial charge in [-0.2, -0.15) is 9.61 Å². The van der Waals surface area contributed by atoms with Crippen LogP contribution < -0.4 is 5.56 Å². The molecule has 2 rings (SSSR count). The molecule has 2 heterocycles. The second kappa shape index (κ2) is 3.69. The molecule has 0 aromatic carbocycles. The third-order valence-electron chi connectivity index (χ3n) is 2.67. The highest BCUT2D eigenvalue weighted by molar-refractivity contribution is 6.00. The molecule has 2 aromatic rings. The van der Waals surface area contributed by atoms with E-state index < -0.39 is 5.56 Å². The van der Waals surface area contributed by atoms with Crippen LogP contribution in [0.15, 0.2) is 16.9 Å². The summed E-state index contributed by atoms with van der Waals surface area (Å²) in [6.07, 6.45) is 0. The van der Waals surface area contributed by atoms with Crippen LogP contribution in [0.25, 0.3) is 5.52 Å². The Morgan fingerprint density at radius 1 is 1.35 bits per heavy atom. The molecular formula is C12H12N2O3. The molecule has 1 N–H and O–H groups in total. The van der Waals surface area contributed by atoms with Gasteiger partial charge >= 0.3 is 0 Å². The van der Waals surface area contributed by atoms with Gasteiger partial charge in [0.05, 0.1) is 16.8 Å².